The van der Waals surface area contributed by atoms with Crippen LogP contribution in [0.5, 0.6) is 0 Å². The average molecular weight is 449 g/mol. The van der Waals surface area contributed by atoms with E-state index in [-0.39, 0.29) is 29.2 Å². The largest absolute Gasteiger partial charge is 0.378 e. The minimum absolute atomic E-state index is 0.00616. The van der Waals surface area contributed by atoms with E-state index >= 15 is 0 Å². The summed E-state index contributed by atoms with van der Waals surface area (Å²) < 4.78 is 6.05. The maximum atomic E-state index is 13.2. The number of carbonyl (C=O) groups excluding carboxylic acids is 2. The van der Waals surface area contributed by atoms with Gasteiger partial charge in [0.1, 0.15) is 0 Å². The molecule has 2 aromatic rings. The van der Waals surface area contributed by atoms with Crippen LogP contribution >= 0.6 is 0 Å². The van der Waals surface area contributed by atoms with Crippen LogP contribution in [0, 0.1) is 11.3 Å². The van der Waals surface area contributed by atoms with Gasteiger partial charge in [-0.1, -0.05) is 55.7 Å². The van der Waals surface area contributed by atoms with Crippen molar-refractivity contribution >= 4 is 22.6 Å². The van der Waals surface area contributed by atoms with E-state index < -0.39 is 0 Å². The van der Waals surface area contributed by atoms with E-state index in [4.69, 9.17) is 4.74 Å². The van der Waals surface area contributed by atoms with Gasteiger partial charge < -0.3 is 15.0 Å². The number of carbonyl (C=O) groups is 2. The third-order valence-electron chi connectivity index (χ3n) is 8.43. The molecule has 5 rings (SSSR count). The van der Waals surface area contributed by atoms with Crippen LogP contribution in [-0.2, 0) is 9.53 Å². The maximum Gasteiger partial charge on any atom is 0.254 e. The summed E-state index contributed by atoms with van der Waals surface area (Å²) in [6.45, 7) is 4.08. The molecule has 0 aromatic heterocycles. The number of likely N-dealkylation sites (tertiary alicyclic amines) is 1. The molecule has 0 unspecified atom stereocenters. The van der Waals surface area contributed by atoms with Crippen molar-refractivity contribution in [1.29, 1.82) is 0 Å². The molecule has 0 bridgehead atoms. The third-order valence-corrected chi connectivity index (χ3v) is 8.43. The van der Waals surface area contributed by atoms with Crippen LogP contribution in [0.3, 0.4) is 0 Å². The van der Waals surface area contributed by atoms with Crippen molar-refractivity contribution < 1.29 is 14.3 Å². The second-order valence-electron chi connectivity index (χ2n) is 10.1. The van der Waals surface area contributed by atoms with Crippen molar-refractivity contribution in [2.24, 2.45) is 11.3 Å². The molecule has 5 nitrogen and oxygen atoms in total. The van der Waals surface area contributed by atoms with Gasteiger partial charge in [-0.15, -0.1) is 0 Å². The molecule has 1 saturated heterocycles. The Balaban J connectivity index is 1.19. The zero-order valence-corrected chi connectivity index (χ0v) is 19.7. The van der Waals surface area contributed by atoms with Crippen molar-refractivity contribution in [3.05, 3.63) is 48.0 Å². The van der Waals surface area contributed by atoms with Gasteiger partial charge >= 0.3 is 0 Å². The van der Waals surface area contributed by atoms with E-state index in [1.165, 1.54) is 32.1 Å². The summed E-state index contributed by atoms with van der Waals surface area (Å²) in [6.07, 6.45) is 8.82. The van der Waals surface area contributed by atoms with Crippen LogP contribution in [0.4, 0.5) is 0 Å². The van der Waals surface area contributed by atoms with E-state index in [1.54, 1.807) is 0 Å². The first-order valence-corrected chi connectivity index (χ1v) is 12.8. The summed E-state index contributed by atoms with van der Waals surface area (Å²) in [5, 5.41) is 5.49. The van der Waals surface area contributed by atoms with Gasteiger partial charge in [0.05, 0.1) is 6.10 Å². The first-order valence-electron chi connectivity index (χ1n) is 12.8. The molecule has 1 N–H and O–H groups in total. The molecule has 1 spiro atoms. The Labute approximate surface area is 196 Å². The summed E-state index contributed by atoms with van der Waals surface area (Å²) in [5.74, 6) is 0.246. The summed E-state index contributed by atoms with van der Waals surface area (Å²) in [6, 6.07) is 14.2. The lowest BCUT2D eigenvalue weighted by molar-refractivity contribution is -0.159. The molecule has 1 heterocycles. The standard InChI is InChI=1S/C28H36N2O3/c1-2-33-25-19-24(28(25)15-6-3-7-16-28)29-26(31)21-13-17-30(18-14-21)27(32)23-12-8-10-20-9-4-5-11-22(20)23/h4-5,8-12,21,24-25H,2-3,6-7,13-19H2,1H3,(H,29,31)/t24-,25-/m1/s1. The van der Waals surface area contributed by atoms with Crippen molar-refractivity contribution in [3.63, 3.8) is 0 Å². The molecule has 33 heavy (non-hydrogen) atoms. The Kier molecular flexibility index (Phi) is 6.42. The summed E-state index contributed by atoms with van der Waals surface area (Å²) in [7, 11) is 0. The first kappa shape index (κ1) is 22.4. The first-order chi connectivity index (χ1) is 16.1. The SMILES string of the molecule is CCO[C@@H]1C[C@@H](NC(=O)C2CCN(C(=O)c3cccc4ccccc34)CC2)C12CCCCC2. The number of benzene rings is 2. The third kappa shape index (κ3) is 4.16. The summed E-state index contributed by atoms with van der Waals surface area (Å²) in [4.78, 5) is 28.3. The molecular weight excluding hydrogens is 412 g/mol. The van der Waals surface area contributed by atoms with Gasteiger partial charge in [-0.3, -0.25) is 9.59 Å². The molecule has 3 aliphatic rings. The Morgan fingerprint density at radius 1 is 1.03 bits per heavy atom. The van der Waals surface area contributed by atoms with Gasteiger partial charge in [0.25, 0.3) is 5.91 Å². The molecule has 176 valence electrons. The van der Waals surface area contributed by atoms with Gasteiger partial charge in [-0.2, -0.15) is 0 Å². The molecule has 2 atom stereocenters. The number of ether oxygens (including phenoxy) is 1. The molecule has 2 amide bonds. The maximum absolute atomic E-state index is 13.2. The quantitative estimate of drug-likeness (QED) is 0.705. The second-order valence-corrected chi connectivity index (χ2v) is 10.1. The number of hydrogen-bond donors (Lipinski definition) is 1. The van der Waals surface area contributed by atoms with Gasteiger partial charge in [-0.25, -0.2) is 0 Å². The fraction of sp³-hybridized carbons (Fsp3) is 0.571. The highest BCUT2D eigenvalue weighted by molar-refractivity contribution is 6.07. The molecule has 5 heteroatoms. The van der Waals surface area contributed by atoms with Gasteiger partial charge in [0, 0.05) is 42.6 Å². The predicted octanol–water partition coefficient (Wildman–Crippen LogP) is 4.94. The number of hydrogen-bond acceptors (Lipinski definition) is 3. The van der Waals surface area contributed by atoms with Crippen LogP contribution in [0.2, 0.25) is 0 Å². The average Bonchev–Trinajstić information content (AvgIpc) is 2.88. The van der Waals surface area contributed by atoms with Gasteiger partial charge in [0.2, 0.25) is 5.91 Å². The number of fused-ring (bicyclic) bond motifs is 1. The minimum Gasteiger partial charge on any atom is -0.378 e. The zero-order chi connectivity index (χ0) is 22.8. The van der Waals surface area contributed by atoms with Crippen molar-refractivity contribution in [2.75, 3.05) is 19.7 Å². The monoisotopic (exact) mass is 448 g/mol. The fourth-order valence-corrected chi connectivity index (χ4v) is 6.48. The van der Waals surface area contributed by atoms with E-state index in [9.17, 15) is 9.59 Å². The van der Waals surface area contributed by atoms with E-state index in [2.05, 4.69) is 12.2 Å². The summed E-state index contributed by atoms with van der Waals surface area (Å²) >= 11 is 0. The highest BCUT2D eigenvalue weighted by atomic mass is 16.5. The van der Waals surface area contributed by atoms with Crippen LogP contribution < -0.4 is 5.32 Å². The van der Waals surface area contributed by atoms with Crippen LogP contribution in [0.15, 0.2) is 42.5 Å². The lowest BCUT2D eigenvalue weighted by Crippen LogP contribution is -2.66. The number of piperidine rings is 1. The van der Waals surface area contributed by atoms with Crippen molar-refractivity contribution in [3.8, 4) is 0 Å². The Morgan fingerprint density at radius 2 is 1.76 bits per heavy atom. The molecular formula is C28H36N2O3. The van der Waals surface area contributed by atoms with E-state index in [0.717, 1.165) is 42.2 Å². The van der Waals surface area contributed by atoms with Gasteiger partial charge in [-0.05, 0) is 55.9 Å². The summed E-state index contributed by atoms with van der Waals surface area (Å²) in [5.41, 5.74) is 0.904. The fourth-order valence-electron chi connectivity index (χ4n) is 6.48. The molecule has 2 aromatic carbocycles. The predicted molar refractivity (Wildman–Crippen MR) is 130 cm³/mol. The second kappa shape index (κ2) is 9.46. The highest BCUT2D eigenvalue weighted by Gasteiger charge is 2.56. The zero-order valence-electron chi connectivity index (χ0n) is 19.7. The topological polar surface area (TPSA) is 58.6 Å². The smallest absolute Gasteiger partial charge is 0.254 e. The number of nitrogens with zero attached hydrogens (tertiary/aromatic N) is 1. The lowest BCUT2D eigenvalue weighted by Gasteiger charge is -2.57. The van der Waals surface area contributed by atoms with Crippen LogP contribution in [-0.4, -0.2) is 48.6 Å². The number of rotatable bonds is 5. The van der Waals surface area contributed by atoms with E-state index in [1.807, 2.05) is 47.4 Å². The molecule has 3 fully saturated rings. The number of amides is 2. The Bertz CT molecular complexity index is 1000. The molecule has 1 aliphatic heterocycles. The van der Waals surface area contributed by atoms with Crippen LogP contribution in [0.25, 0.3) is 10.8 Å². The van der Waals surface area contributed by atoms with Crippen LogP contribution in [0.1, 0.15) is 68.6 Å². The van der Waals surface area contributed by atoms with Gasteiger partial charge in [0.15, 0.2) is 0 Å². The highest BCUT2D eigenvalue weighted by Crippen LogP contribution is 2.53. The van der Waals surface area contributed by atoms with E-state index in [0.29, 0.717) is 19.2 Å². The lowest BCUT2D eigenvalue weighted by atomic mass is 9.55. The molecule has 0 radical (unpaired) electrons. The minimum atomic E-state index is -0.00616. The normalized spacial score (nSPS) is 25.1. The molecule has 2 saturated carbocycles. The van der Waals surface area contributed by atoms with Crippen molar-refractivity contribution in [1.82, 2.24) is 10.2 Å². The Hall–Kier alpha value is -2.40. The Morgan fingerprint density at radius 3 is 2.52 bits per heavy atom. The molecule has 2 aliphatic carbocycles. The van der Waals surface area contributed by atoms with Crippen molar-refractivity contribution in [2.45, 2.75) is 70.4 Å². The number of nitrogens with one attached hydrogen (secondary N) is 1.